The smallest absolute Gasteiger partial charge is 0.222 e. The number of benzene rings is 1. The van der Waals surface area contributed by atoms with Gasteiger partial charge in [-0.2, -0.15) is 0 Å². The van der Waals surface area contributed by atoms with E-state index in [0.717, 1.165) is 51.4 Å². The van der Waals surface area contributed by atoms with Crippen LogP contribution in [0.2, 0.25) is 0 Å². The number of hydrogen-bond donors (Lipinski definition) is 1. The quantitative estimate of drug-likeness (QED) is 0.259. The van der Waals surface area contributed by atoms with Gasteiger partial charge in [-0.25, -0.2) is 0 Å². The minimum Gasteiger partial charge on any atom is -0.356 e. The first-order valence-electron chi connectivity index (χ1n) is 9.96. The number of hydrogen-bond acceptors (Lipinski definition) is 3. The van der Waals surface area contributed by atoms with E-state index in [4.69, 9.17) is 0 Å². The van der Waals surface area contributed by atoms with Crippen molar-refractivity contribution in [2.75, 3.05) is 33.7 Å². The monoisotopic (exact) mass is 526 g/mol. The first kappa shape index (κ1) is 23.7. The van der Waals surface area contributed by atoms with Gasteiger partial charge in [-0.05, 0) is 41.8 Å². The van der Waals surface area contributed by atoms with Gasteiger partial charge >= 0.3 is 0 Å². The van der Waals surface area contributed by atoms with Gasteiger partial charge < -0.3 is 15.1 Å². The normalized spacial score (nSPS) is 13.4. The van der Waals surface area contributed by atoms with Crippen molar-refractivity contribution in [2.24, 2.45) is 4.99 Å². The highest BCUT2D eigenvalue weighted by Gasteiger charge is 2.19. The molecule has 0 saturated heterocycles. The van der Waals surface area contributed by atoms with E-state index in [0.29, 0.717) is 6.42 Å². The molecule has 1 N–H and O–H groups in total. The number of thiophene rings is 1. The Kier molecular flexibility index (Phi) is 9.93. The number of amides is 1. The van der Waals surface area contributed by atoms with Gasteiger partial charge in [0.05, 0.1) is 0 Å². The average Bonchev–Trinajstić information content (AvgIpc) is 3.25. The van der Waals surface area contributed by atoms with Crippen LogP contribution in [0.3, 0.4) is 0 Å². The van der Waals surface area contributed by atoms with Crippen molar-refractivity contribution in [3.05, 3.63) is 57.8 Å². The van der Waals surface area contributed by atoms with Crippen LogP contribution in [0, 0.1) is 0 Å². The number of likely N-dealkylation sites (N-methyl/N-ethyl adjacent to an activating group) is 1. The number of nitrogens with one attached hydrogen (secondary N) is 1. The topological polar surface area (TPSA) is 47.9 Å². The summed E-state index contributed by atoms with van der Waals surface area (Å²) in [5.41, 5.74) is 2.66. The summed E-state index contributed by atoms with van der Waals surface area (Å²) < 4.78 is 0. The van der Waals surface area contributed by atoms with Gasteiger partial charge in [0.1, 0.15) is 0 Å². The minimum atomic E-state index is 0. The molecule has 0 spiro atoms. The standard InChI is InChI=1S/C22H30N4OS.HI/c1-23-22(25(2)14-12-20-9-6-16-28-20)24-13-5-10-21(27)26-15-11-18-7-3-4-8-19(18)17-26;/h3-4,6-9,16H,5,10-15,17H2,1-2H3,(H,23,24);1H. The maximum atomic E-state index is 12.5. The van der Waals surface area contributed by atoms with Gasteiger partial charge in [-0.1, -0.05) is 30.3 Å². The molecule has 0 unspecified atom stereocenters. The molecule has 1 aliphatic rings. The fourth-order valence-electron chi connectivity index (χ4n) is 3.53. The molecule has 1 aliphatic heterocycles. The molecule has 0 aliphatic carbocycles. The lowest BCUT2D eigenvalue weighted by atomic mass is 9.99. The van der Waals surface area contributed by atoms with Gasteiger partial charge in [-0.3, -0.25) is 9.79 Å². The lowest BCUT2D eigenvalue weighted by molar-refractivity contribution is -0.132. The highest BCUT2D eigenvalue weighted by molar-refractivity contribution is 14.0. The van der Waals surface area contributed by atoms with Crippen LogP contribution in [0.4, 0.5) is 0 Å². The molecule has 0 atom stereocenters. The van der Waals surface area contributed by atoms with Gasteiger partial charge in [0.25, 0.3) is 0 Å². The summed E-state index contributed by atoms with van der Waals surface area (Å²) in [5.74, 6) is 1.13. The van der Waals surface area contributed by atoms with Crippen LogP contribution in [0.25, 0.3) is 0 Å². The molecule has 1 aromatic heterocycles. The number of carbonyl (C=O) groups excluding carboxylic acids is 1. The van der Waals surface area contributed by atoms with E-state index < -0.39 is 0 Å². The second-order valence-electron chi connectivity index (χ2n) is 7.16. The largest absolute Gasteiger partial charge is 0.356 e. The fourth-order valence-corrected chi connectivity index (χ4v) is 4.23. The Hall–Kier alpha value is -1.61. The van der Waals surface area contributed by atoms with Crippen LogP contribution in [-0.4, -0.2) is 55.4 Å². The highest BCUT2D eigenvalue weighted by Crippen LogP contribution is 2.19. The Morgan fingerprint density at radius 3 is 2.76 bits per heavy atom. The van der Waals surface area contributed by atoms with Crippen LogP contribution in [0.5, 0.6) is 0 Å². The SMILES string of the molecule is CN=C(NCCCC(=O)N1CCc2ccccc2C1)N(C)CCc1cccs1.I. The second-order valence-corrected chi connectivity index (χ2v) is 8.19. The molecule has 2 aromatic rings. The summed E-state index contributed by atoms with van der Waals surface area (Å²) in [5, 5.41) is 5.49. The Labute approximate surface area is 195 Å². The molecular formula is C22H31IN4OS. The predicted molar refractivity (Wildman–Crippen MR) is 132 cm³/mol. The van der Waals surface area contributed by atoms with E-state index in [1.54, 1.807) is 18.4 Å². The molecule has 29 heavy (non-hydrogen) atoms. The Bertz CT molecular complexity index is 794. The van der Waals surface area contributed by atoms with Crippen molar-refractivity contribution in [1.82, 2.24) is 15.1 Å². The van der Waals surface area contributed by atoms with E-state index >= 15 is 0 Å². The zero-order valence-electron chi connectivity index (χ0n) is 17.3. The van der Waals surface area contributed by atoms with Gasteiger partial charge in [-0.15, -0.1) is 35.3 Å². The van der Waals surface area contributed by atoms with Crippen molar-refractivity contribution in [3.8, 4) is 0 Å². The number of aliphatic imine (C=N–C) groups is 1. The van der Waals surface area contributed by atoms with Crippen LogP contribution < -0.4 is 5.32 Å². The van der Waals surface area contributed by atoms with Crippen LogP contribution in [0.15, 0.2) is 46.8 Å². The first-order chi connectivity index (χ1) is 13.7. The predicted octanol–water partition coefficient (Wildman–Crippen LogP) is 3.78. The van der Waals surface area contributed by atoms with Gasteiger partial charge in [0.2, 0.25) is 5.91 Å². The van der Waals surface area contributed by atoms with Gasteiger partial charge in [0, 0.05) is 51.6 Å². The second kappa shape index (κ2) is 12.2. The molecular weight excluding hydrogens is 495 g/mol. The first-order valence-corrected chi connectivity index (χ1v) is 10.8. The molecule has 2 heterocycles. The number of fused-ring (bicyclic) bond motifs is 1. The van der Waals surface area contributed by atoms with Crippen molar-refractivity contribution in [1.29, 1.82) is 0 Å². The van der Waals surface area contributed by atoms with Crippen LogP contribution in [0.1, 0.15) is 28.8 Å². The molecule has 3 rings (SSSR count). The van der Waals surface area contributed by atoms with Crippen molar-refractivity contribution >= 4 is 47.2 Å². The highest BCUT2D eigenvalue weighted by atomic mass is 127. The Morgan fingerprint density at radius 2 is 2.03 bits per heavy atom. The molecule has 0 fully saturated rings. The average molecular weight is 526 g/mol. The third kappa shape index (κ3) is 6.99. The van der Waals surface area contributed by atoms with Crippen molar-refractivity contribution in [2.45, 2.75) is 32.2 Å². The summed E-state index contributed by atoms with van der Waals surface area (Å²) in [6, 6.07) is 12.7. The summed E-state index contributed by atoms with van der Waals surface area (Å²) in [6.45, 7) is 3.25. The number of halogens is 1. The number of carbonyl (C=O) groups is 1. The molecule has 5 nitrogen and oxygen atoms in total. The lowest BCUT2D eigenvalue weighted by Gasteiger charge is -2.29. The molecule has 7 heteroatoms. The summed E-state index contributed by atoms with van der Waals surface area (Å²) >= 11 is 1.79. The third-order valence-corrected chi connectivity index (χ3v) is 6.12. The Balaban J connectivity index is 0.00000300. The lowest BCUT2D eigenvalue weighted by Crippen LogP contribution is -2.40. The minimum absolute atomic E-state index is 0. The van der Waals surface area contributed by atoms with E-state index in [1.165, 1.54) is 16.0 Å². The number of nitrogens with zero attached hydrogens (tertiary/aromatic N) is 3. The van der Waals surface area contributed by atoms with E-state index in [1.807, 2.05) is 4.90 Å². The number of guanidine groups is 1. The summed E-state index contributed by atoms with van der Waals surface area (Å²) in [4.78, 5) is 22.4. The zero-order chi connectivity index (χ0) is 19.8. The van der Waals surface area contributed by atoms with Crippen molar-refractivity contribution in [3.63, 3.8) is 0 Å². The maximum Gasteiger partial charge on any atom is 0.222 e. The van der Waals surface area contributed by atoms with Crippen LogP contribution in [-0.2, 0) is 24.2 Å². The fraction of sp³-hybridized carbons (Fsp3) is 0.455. The van der Waals surface area contributed by atoms with E-state index in [9.17, 15) is 4.79 Å². The summed E-state index contributed by atoms with van der Waals surface area (Å²) in [7, 11) is 3.86. The maximum absolute atomic E-state index is 12.5. The van der Waals surface area contributed by atoms with Gasteiger partial charge in [0.15, 0.2) is 5.96 Å². The molecule has 0 radical (unpaired) electrons. The van der Waals surface area contributed by atoms with E-state index in [-0.39, 0.29) is 29.9 Å². The zero-order valence-corrected chi connectivity index (χ0v) is 20.4. The molecule has 158 valence electrons. The van der Waals surface area contributed by atoms with Crippen molar-refractivity contribution < 1.29 is 4.79 Å². The Morgan fingerprint density at radius 1 is 1.24 bits per heavy atom. The molecule has 0 saturated carbocycles. The summed E-state index contributed by atoms with van der Waals surface area (Å²) in [6.07, 6.45) is 3.37. The van der Waals surface area contributed by atoms with Crippen LogP contribution >= 0.6 is 35.3 Å². The molecule has 0 bridgehead atoms. The molecule has 1 aromatic carbocycles. The molecule has 1 amide bonds. The van der Waals surface area contributed by atoms with E-state index in [2.05, 4.69) is 64.0 Å². The third-order valence-electron chi connectivity index (χ3n) is 5.18. The number of rotatable bonds is 7.